The van der Waals surface area contributed by atoms with Crippen LogP contribution in [0.1, 0.15) is 18.2 Å². The number of rotatable bonds is 4. The first-order valence-corrected chi connectivity index (χ1v) is 8.74. The quantitative estimate of drug-likeness (QED) is 0.412. The summed E-state index contributed by atoms with van der Waals surface area (Å²) >= 11 is 1.60. The number of thiophene rings is 1. The monoisotopic (exact) mass is 348 g/mol. The van der Waals surface area contributed by atoms with E-state index in [2.05, 4.69) is 57.1 Å². The predicted octanol–water partition coefficient (Wildman–Crippen LogP) is 5.10. The lowest BCUT2D eigenvalue weighted by Crippen LogP contribution is -2.00. The molecular formula is C19H16N4OS. The molecule has 3 heterocycles. The molecule has 0 aliphatic heterocycles. The molecule has 6 heteroatoms. The number of fused-ring (bicyclic) bond motifs is 1. The molecule has 4 aromatic rings. The van der Waals surface area contributed by atoms with Crippen LogP contribution in [0.4, 0.5) is 5.82 Å². The van der Waals surface area contributed by atoms with Gasteiger partial charge in [-0.15, -0.1) is 11.3 Å². The molecule has 1 N–H and O–H groups in total. The maximum Gasteiger partial charge on any atom is 0.159 e. The van der Waals surface area contributed by atoms with Crippen molar-refractivity contribution < 1.29 is 4.42 Å². The molecule has 0 spiro atoms. The normalized spacial score (nSPS) is 11.8. The van der Waals surface area contributed by atoms with E-state index in [9.17, 15) is 0 Å². The summed E-state index contributed by atoms with van der Waals surface area (Å²) in [5.41, 5.74) is 7.30. The number of hydrogen-bond donors (Lipinski definition) is 1. The Morgan fingerprint density at radius 1 is 1.16 bits per heavy atom. The maximum absolute atomic E-state index is 5.36. The number of nitrogens with zero attached hydrogens (tertiary/aromatic N) is 3. The van der Waals surface area contributed by atoms with Gasteiger partial charge in [-0.25, -0.2) is 9.97 Å². The van der Waals surface area contributed by atoms with Gasteiger partial charge in [0, 0.05) is 10.9 Å². The van der Waals surface area contributed by atoms with E-state index >= 15 is 0 Å². The molecule has 3 aromatic heterocycles. The lowest BCUT2D eigenvalue weighted by Gasteiger charge is -2.06. The first-order chi connectivity index (χ1) is 12.2. The van der Waals surface area contributed by atoms with E-state index in [1.807, 2.05) is 19.1 Å². The van der Waals surface area contributed by atoms with Crippen LogP contribution < -0.4 is 5.43 Å². The van der Waals surface area contributed by atoms with E-state index in [-0.39, 0.29) is 0 Å². The second-order valence-electron chi connectivity index (χ2n) is 5.70. The molecule has 0 aliphatic rings. The fourth-order valence-corrected chi connectivity index (χ4v) is 3.50. The van der Waals surface area contributed by atoms with Crippen LogP contribution in [0.5, 0.6) is 0 Å². The van der Waals surface area contributed by atoms with E-state index in [1.165, 1.54) is 5.56 Å². The van der Waals surface area contributed by atoms with Gasteiger partial charge in [0.2, 0.25) is 0 Å². The van der Waals surface area contributed by atoms with Gasteiger partial charge in [-0.2, -0.15) is 5.10 Å². The fraction of sp³-hybridized carbons (Fsp3) is 0.105. The molecule has 25 heavy (non-hydrogen) atoms. The summed E-state index contributed by atoms with van der Waals surface area (Å²) in [5, 5.41) is 7.49. The minimum absolute atomic E-state index is 0.688. The second-order valence-corrected chi connectivity index (χ2v) is 6.56. The van der Waals surface area contributed by atoms with E-state index in [0.717, 1.165) is 32.8 Å². The van der Waals surface area contributed by atoms with Gasteiger partial charge in [-0.3, -0.25) is 5.43 Å². The molecule has 0 atom stereocenters. The van der Waals surface area contributed by atoms with Crippen molar-refractivity contribution in [1.29, 1.82) is 0 Å². The smallest absolute Gasteiger partial charge is 0.159 e. The number of aromatic nitrogens is 2. The zero-order chi connectivity index (χ0) is 17.2. The van der Waals surface area contributed by atoms with Gasteiger partial charge in [0.1, 0.15) is 22.6 Å². The molecule has 0 amide bonds. The summed E-state index contributed by atoms with van der Waals surface area (Å²) in [6, 6.07) is 12.2. The summed E-state index contributed by atoms with van der Waals surface area (Å²) < 4.78 is 5.36. The van der Waals surface area contributed by atoms with Crippen molar-refractivity contribution in [3.8, 4) is 11.1 Å². The van der Waals surface area contributed by atoms with Gasteiger partial charge in [0.05, 0.1) is 11.6 Å². The number of hydrogen-bond acceptors (Lipinski definition) is 6. The summed E-state index contributed by atoms with van der Waals surface area (Å²) in [6.45, 7) is 3.97. The SMILES string of the molecule is C/C(=N/Nc1ncnc2scc(-c3ccc(C)cc3)c12)c1ccco1. The number of furan rings is 1. The molecule has 1 aromatic carbocycles. The maximum atomic E-state index is 5.36. The number of aryl methyl sites for hydroxylation is 1. The first kappa shape index (κ1) is 15.5. The van der Waals surface area contributed by atoms with Crippen molar-refractivity contribution in [2.45, 2.75) is 13.8 Å². The second kappa shape index (κ2) is 6.49. The summed E-state index contributed by atoms with van der Waals surface area (Å²) in [4.78, 5) is 9.70. The average molecular weight is 348 g/mol. The Kier molecular flexibility index (Phi) is 4.03. The van der Waals surface area contributed by atoms with Crippen molar-refractivity contribution in [3.05, 3.63) is 65.7 Å². The number of hydrazone groups is 1. The molecule has 4 rings (SSSR count). The molecule has 0 unspecified atom stereocenters. The molecule has 0 aliphatic carbocycles. The highest BCUT2D eigenvalue weighted by Gasteiger charge is 2.13. The topological polar surface area (TPSA) is 63.3 Å². The Labute approximate surface area is 149 Å². The van der Waals surface area contributed by atoms with E-state index in [1.54, 1.807) is 23.9 Å². The number of nitrogens with one attached hydrogen (secondary N) is 1. The Hall–Kier alpha value is -2.99. The predicted molar refractivity (Wildman–Crippen MR) is 102 cm³/mol. The Balaban J connectivity index is 1.75. The highest BCUT2D eigenvalue weighted by molar-refractivity contribution is 7.17. The molecule has 0 bridgehead atoms. The van der Waals surface area contributed by atoms with Gasteiger partial charge in [-0.05, 0) is 31.5 Å². The van der Waals surface area contributed by atoms with Gasteiger partial charge in [0.25, 0.3) is 0 Å². The number of benzene rings is 1. The van der Waals surface area contributed by atoms with E-state index < -0.39 is 0 Å². The molecule has 0 radical (unpaired) electrons. The van der Waals surface area contributed by atoms with Crippen LogP contribution in [0.15, 0.2) is 63.9 Å². The minimum Gasteiger partial charge on any atom is -0.463 e. The van der Waals surface area contributed by atoms with Crippen molar-refractivity contribution in [2.75, 3.05) is 5.43 Å². The lowest BCUT2D eigenvalue weighted by molar-refractivity contribution is 0.557. The molecule has 0 saturated heterocycles. The Bertz CT molecular complexity index is 1030. The molecule has 5 nitrogen and oxygen atoms in total. The lowest BCUT2D eigenvalue weighted by atomic mass is 10.0. The van der Waals surface area contributed by atoms with Gasteiger partial charge in [-0.1, -0.05) is 29.8 Å². The first-order valence-electron chi connectivity index (χ1n) is 7.86. The summed E-state index contributed by atoms with van der Waals surface area (Å²) in [7, 11) is 0. The summed E-state index contributed by atoms with van der Waals surface area (Å²) in [6.07, 6.45) is 3.18. The van der Waals surface area contributed by atoms with Crippen LogP contribution in [-0.4, -0.2) is 15.7 Å². The molecule has 0 saturated carbocycles. The third-order valence-electron chi connectivity index (χ3n) is 3.94. The largest absolute Gasteiger partial charge is 0.463 e. The highest BCUT2D eigenvalue weighted by atomic mass is 32.1. The van der Waals surface area contributed by atoms with Crippen LogP contribution >= 0.6 is 11.3 Å². The highest BCUT2D eigenvalue weighted by Crippen LogP contribution is 2.36. The average Bonchev–Trinajstić information content (AvgIpc) is 3.30. The van der Waals surface area contributed by atoms with Crippen LogP contribution in [0.2, 0.25) is 0 Å². The Morgan fingerprint density at radius 2 is 2.00 bits per heavy atom. The van der Waals surface area contributed by atoms with Crippen molar-refractivity contribution in [1.82, 2.24) is 9.97 Å². The van der Waals surface area contributed by atoms with Gasteiger partial charge < -0.3 is 4.42 Å². The molecule has 124 valence electrons. The van der Waals surface area contributed by atoms with E-state index in [4.69, 9.17) is 4.42 Å². The van der Waals surface area contributed by atoms with Crippen molar-refractivity contribution in [2.24, 2.45) is 5.10 Å². The van der Waals surface area contributed by atoms with Crippen LogP contribution in [0.25, 0.3) is 21.3 Å². The fourth-order valence-electron chi connectivity index (χ4n) is 2.58. The van der Waals surface area contributed by atoms with Crippen LogP contribution in [0.3, 0.4) is 0 Å². The third-order valence-corrected chi connectivity index (χ3v) is 4.83. The van der Waals surface area contributed by atoms with Crippen molar-refractivity contribution >= 4 is 33.1 Å². The Morgan fingerprint density at radius 3 is 2.76 bits per heavy atom. The zero-order valence-electron chi connectivity index (χ0n) is 13.9. The molecule has 0 fully saturated rings. The minimum atomic E-state index is 0.688. The van der Waals surface area contributed by atoms with Gasteiger partial charge in [0.15, 0.2) is 5.82 Å². The van der Waals surface area contributed by atoms with Crippen LogP contribution in [0, 0.1) is 6.92 Å². The molecular weight excluding hydrogens is 332 g/mol. The van der Waals surface area contributed by atoms with Crippen LogP contribution in [-0.2, 0) is 0 Å². The summed E-state index contributed by atoms with van der Waals surface area (Å²) in [5.74, 6) is 1.41. The number of anilines is 1. The third kappa shape index (κ3) is 3.04. The standard InChI is InChI=1S/C19H16N4OS/c1-12-5-7-14(8-6-12)15-10-25-19-17(15)18(20-11-21-19)23-22-13(2)16-4-3-9-24-16/h3-11H,1-2H3,(H,20,21,23)/b22-13-. The van der Waals surface area contributed by atoms with Crippen molar-refractivity contribution in [3.63, 3.8) is 0 Å². The zero-order valence-corrected chi connectivity index (χ0v) is 14.7. The van der Waals surface area contributed by atoms with Gasteiger partial charge >= 0.3 is 0 Å². The van der Waals surface area contributed by atoms with E-state index in [0.29, 0.717) is 5.82 Å².